The van der Waals surface area contributed by atoms with Crippen LogP contribution < -0.4 is 15.5 Å². The minimum atomic E-state index is -0.526. The number of hydrogen-bond acceptors (Lipinski definition) is 4. The Hall–Kier alpha value is -1.88. The predicted octanol–water partition coefficient (Wildman–Crippen LogP) is 3.57. The van der Waals surface area contributed by atoms with Gasteiger partial charge in [-0.2, -0.15) is 0 Å². The quantitative estimate of drug-likeness (QED) is 0.316. The topological polar surface area (TPSA) is 62.0 Å². The average Bonchev–Trinajstić information content (AvgIpc) is 3.49. The standard InChI is InChI=1S/C22H28F2N4O2.HI/c23-19-4-1-5-20(24)21(19)28-10-7-17(14-28)27-22(26-13-16-8-12-29-15-16)25-9-6-18-3-2-11-30-18;/h1-5,11,16-17H,6-10,12-15H2,(H2,25,26,27);1H. The van der Waals surface area contributed by atoms with Crippen LogP contribution in [-0.2, 0) is 11.2 Å². The number of hydrogen-bond donors (Lipinski definition) is 2. The number of aliphatic imine (C=N–C) groups is 1. The number of halogens is 3. The van der Waals surface area contributed by atoms with E-state index in [1.807, 2.05) is 12.1 Å². The van der Waals surface area contributed by atoms with Crippen molar-refractivity contribution in [2.24, 2.45) is 10.9 Å². The molecule has 31 heavy (non-hydrogen) atoms. The molecular formula is C22H29F2IN4O2. The summed E-state index contributed by atoms with van der Waals surface area (Å²) in [5.74, 6) is 1.01. The van der Waals surface area contributed by atoms with E-state index in [2.05, 4.69) is 10.6 Å². The van der Waals surface area contributed by atoms with Gasteiger partial charge in [0.05, 0.1) is 12.9 Å². The van der Waals surface area contributed by atoms with E-state index in [1.165, 1.54) is 18.2 Å². The molecule has 2 saturated heterocycles. The zero-order chi connectivity index (χ0) is 20.8. The van der Waals surface area contributed by atoms with E-state index in [4.69, 9.17) is 14.1 Å². The second-order valence-electron chi connectivity index (χ2n) is 7.82. The van der Waals surface area contributed by atoms with Gasteiger partial charge in [0.25, 0.3) is 0 Å². The molecule has 6 nitrogen and oxygen atoms in total. The molecule has 2 atom stereocenters. The van der Waals surface area contributed by atoms with E-state index in [1.54, 1.807) is 11.2 Å². The minimum absolute atomic E-state index is 0. The number of nitrogens with one attached hydrogen (secondary N) is 2. The second-order valence-corrected chi connectivity index (χ2v) is 7.82. The number of furan rings is 1. The van der Waals surface area contributed by atoms with Crippen LogP contribution in [0, 0.1) is 17.6 Å². The smallest absolute Gasteiger partial charge is 0.191 e. The van der Waals surface area contributed by atoms with E-state index in [0.717, 1.165) is 38.2 Å². The van der Waals surface area contributed by atoms with Crippen molar-refractivity contribution in [1.82, 2.24) is 10.6 Å². The Morgan fingerprint density at radius 2 is 2.00 bits per heavy atom. The Morgan fingerprint density at radius 3 is 2.71 bits per heavy atom. The van der Waals surface area contributed by atoms with Gasteiger partial charge < -0.3 is 24.7 Å². The van der Waals surface area contributed by atoms with Crippen LogP contribution in [0.25, 0.3) is 0 Å². The van der Waals surface area contributed by atoms with Crippen molar-refractivity contribution in [3.8, 4) is 0 Å². The van der Waals surface area contributed by atoms with Crippen molar-refractivity contribution in [2.75, 3.05) is 44.3 Å². The van der Waals surface area contributed by atoms with E-state index >= 15 is 0 Å². The molecule has 2 N–H and O–H groups in total. The van der Waals surface area contributed by atoms with Gasteiger partial charge in [-0.1, -0.05) is 6.07 Å². The lowest BCUT2D eigenvalue weighted by Gasteiger charge is -2.21. The Balaban J connectivity index is 0.00000272. The van der Waals surface area contributed by atoms with Crippen molar-refractivity contribution in [3.05, 3.63) is 54.0 Å². The fourth-order valence-electron chi connectivity index (χ4n) is 3.92. The third-order valence-corrected chi connectivity index (χ3v) is 5.56. The maximum absolute atomic E-state index is 14.1. The second kappa shape index (κ2) is 11.7. The van der Waals surface area contributed by atoms with Gasteiger partial charge in [-0.15, -0.1) is 24.0 Å². The van der Waals surface area contributed by atoms with Crippen LogP contribution in [0.15, 0.2) is 46.0 Å². The molecule has 3 heterocycles. The van der Waals surface area contributed by atoms with Crippen LogP contribution >= 0.6 is 24.0 Å². The van der Waals surface area contributed by atoms with E-state index in [-0.39, 0.29) is 35.7 Å². The SMILES string of the molecule is Fc1cccc(F)c1N1CCC(NC(=NCC2CCOC2)NCCc2ccco2)C1.I. The van der Waals surface area contributed by atoms with Crippen molar-refractivity contribution < 1.29 is 17.9 Å². The largest absolute Gasteiger partial charge is 0.469 e. The van der Waals surface area contributed by atoms with Gasteiger partial charge in [0.1, 0.15) is 23.1 Å². The molecule has 9 heteroatoms. The maximum atomic E-state index is 14.1. The Kier molecular flexibility index (Phi) is 8.94. The summed E-state index contributed by atoms with van der Waals surface area (Å²) >= 11 is 0. The molecule has 0 amide bonds. The van der Waals surface area contributed by atoms with E-state index in [0.29, 0.717) is 38.1 Å². The zero-order valence-electron chi connectivity index (χ0n) is 17.4. The summed E-state index contributed by atoms with van der Waals surface area (Å²) in [5.41, 5.74) is 0.0502. The summed E-state index contributed by atoms with van der Waals surface area (Å²) in [4.78, 5) is 6.50. The Bertz CT molecular complexity index is 824. The molecule has 2 aliphatic rings. The lowest BCUT2D eigenvalue weighted by atomic mass is 10.1. The first-order valence-electron chi connectivity index (χ1n) is 10.5. The molecule has 4 rings (SSSR count). The predicted molar refractivity (Wildman–Crippen MR) is 127 cm³/mol. The van der Waals surface area contributed by atoms with Gasteiger partial charge >= 0.3 is 0 Å². The van der Waals surface area contributed by atoms with Crippen molar-refractivity contribution in [1.29, 1.82) is 0 Å². The number of benzene rings is 1. The number of ether oxygens (including phenoxy) is 1. The summed E-state index contributed by atoms with van der Waals surface area (Å²) in [7, 11) is 0. The molecule has 0 spiro atoms. The van der Waals surface area contributed by atoms with Crippen LogP contribution in [0.2, 0.25) is 0 Å². The molecule has 0 aliphatic carbocycles. The molecular weight excluding hydrogens is 517 g/mol. The average molecular weight is 546 g/mol. The number of guanidine groups is 1. The maximum Gasteiger partial charge on any atom is 0.191 e. The first-order valence-corrected chi connectivity index (χ1v) is 10.5. The monoisotopic (exact) mass is 546 g/mol. The summed E-state index contributed by atoms with van der Waals surface area (Å²) in [6.07, 6.45) is 4.21. The first-order chi connectivity index (χ1) is 14.7. The Labute approximate surface area is 198 Å². The van der Waals surface area contributed by atoms with Gasteiger partial charge in [-0.05, 0) is 37.1 Å². The highest BCUT2D eigenvalue weighted by Gasteiger charge is 2.27. The van der Waals surface area contributed by atoms with Gasteiger partial charge in [0.15, 0.2) is 5.96 Å². The van der Waals surface area contributed by atoms with Gasteiger partial charge in [0, 0.05) is 51.2 Å². The summed E-state index contributed by atoms with van der Waals surface area (Å²) in [5, 5.41) is 6.80. The molecule has 2 aliphatic heterocycles. The van der Waals surface area contributed by atoms with Gasteiger partial charge in [-0.3, -0.25) is 4.99 Å². The van der Waals surface area contributed by atoms with Crippen LogP contribution in [0.5, 0.6) is 0 Å². The number of rotatable bonds is 7. The van der Waals surface area contributed by atoms with Crippen molar-refractivity contribution >= 4 is 35.6 Å². The fraction of sp³-hybridized carbons (Fsp3) is 0.500. The third-order valence-electron chi connectivity index (χ3n) is 5.56. The van der Waals surface area contributed by atoms with Gasteiger partial charge in [0.2, 0.25) is 0 Å². The van der Waals surface area contributed by atoms with Crippen molar-refractivity contribution in [2.45, 2.75) is 25.3 Å². The molecule has 2 aromatic rings. The fourth-order valence-corrected chi connectivity index (χ4v) is 3.92. The molecule has 1 aromatic carbocycles. The number of nitrogens with zero attached hydrogens (tertiary/aromatic N) is 2. The van der Waals surface area contributed by atoms with E-state index < -0.39 is 11.6 Å². The lowest BCUT2D eigenvalue weighted by Crippen LogP contribution is -2.45. The highest BCUT2D eigenvalue weighted by molar-refractivity contribution is 14.0. The molecule has 0 bridgehead atoms. The molecule has 0 radical (unpaired) electrons. The highest BCUT2D eigenvalue weighted by atomic mass is 127. The first kappa shape index (κ1) is 23.8. The van der Waals surface area contributed by atoms with Crippen LogP contribution in [0.4, 0.5) is 14.5 Å². The van der Waals surface area contributed by atoms with Crippen LogP contribution in [-0.4, -0.2) is 51.4 Å². The van der Waals surface area contributed by atoms with Gasteiger partial charge in [-0.25, -0.2) is 8.78 Å². The van der Waals surface area contributed by atoms with Crippen molar-refractivity contribution in [3.63, 3.8) is 0 Å². The minimum Gasteiger partial charge on any atom is -0.469 e. The van der Waals surface area contributed by atoms with E-state index in [9.17, 15) is 8.78 Å². The summed E-state index contributed by atoms with van der Waals surface area (Å²) in [6.45, 7) is 4.01. The molecule has 0 saturated carbocycles. The van der Waals surface area contributed by atoms with Crippen LogP contribution in [0.1, 0.15) is 18.6 Å². The third kappa shape index (κ3) is 6.55. The molecule has 170 valence electrons. The molecule has 2 unspecified atom stereocenters. The number of anilines is 1. The Morgan fingerprint density at radius 1 is 1.16 bits per heavy atom. The zero-order valence-corrected chi connectivity index (χ0v) is 19.7. The van der Waals surface area contributed by atoms with Crippen LogP contribution in [0.3, 0.4) is 0 Å². The lowest BCUT2D eigenvalue weighted by molar-refractivity contribution is 0.187. The molecule has 2 fully saturated rings. The number of para-hydroxylation sites is 1. The normalized spacial score (nSPS) is 21.2. The highest BCUT2D eigenvalue weighted by Crippen LogP contribution is 2.26. The molecule has 1 aromatic heterocycles. The summed E-state index contributed by atoms with van der Waals surface area (Å²) < 4.78 is 39.1. The summed E-state index contributed by atoms with van der Waals surface area (Å²) in [6, 6.07) is 7.86.